The molecule has 5 nitrogen and oxygen atoms in total. The van der Waals surface area contributed by atoms with Crippen LogP contribution in [0.15, 0.2) is 36.7 Å². The van der Waals surface area contributed by atoms with Crippen LogP contribution in [0.4, 0.5) is 0 Å². The van der Waals surface area contributed by atoms with Crippen molar-refractivity contribution in [2.75, 3.05) is 13.1 Å². The van der Waals surface area contributed by atoms with Crippen LogP contribution in [-0.4, -0.2) is 33.4 Å². The van der Waals surface area contributed by atoms with Crippen LogP contribution in [-0.2, 0) is 24.8 Å². The van der Waals surface area contributed by atoms with Gasteiger partial charge in [-0.3, -0.25) is 9.69 Å². The number of carbonyl (C=O) groups excluding carboxylic acids is 1. The SMILES string of the molecule is Cn1ccnc1CN1CCC(C(=O)N[C@H]2CCCc3ccccc32)CC1. The molecule has 1 aliphatic carbocycles. The molecule has 1 fully saturated rings. The lowest BCUT2D eigenvalue weighted by Crippen LogP contribution is -2.42. The predicted molar refractivity (Wildman–Crippen MR) is 101 cm³/mol. The lowest BCUT2D eigenvalue weighted by Gasteiger charge is -2.33. The van der Waals surface area contributed by atoms with Gasteiger partial charge in [-0.15, -0.1) is 0 Å². The number of hydrogen-bond acceptors (Lipinski definition) is 3. The Morgan fingerprint density at radius 1 is 1.23 bits per heavy atom. The molecule has 2 heterocycles. The Morgan fingerprint density at radius 2 is 2.04 bits per heavy atom. The Balaban J connectivity index is 1.31. The Bertz CT molecular complexity index is 761. The van der Waals surface area contributed by atoms with Gasteiger partial charge in [0.05, 0.1) is 12.6 Å². The van der Waals surface area contributed by atoms with Gasteiger partial charge in [-0.2, -0.15) is 0 Å². The summed E-state index contributed by atoms with van der Waals surface area (Å²) in [4.78, 5) is 19.6. The third kappa shape index (κ3) is 3.68. The third-order valence-electron chi connectivity index (χ3n) is 5.93. The van der Waals surface area contributed by atoms with E-state index in [0.717, 1.165) is 57.6 Å². The monoisotopic (exact) mass is 352 g/mol. The van der Waals surface area contributed by atoms with Gasteiger partial charge in [0.25, 0.3) is 0 Å². The van der Waals surface area contributed by atoms with Gasteiger partial charge in [0, 0.05) is 25.4 Å². The fraction of sp³-hybridized carbons (Fsp3) is 0.524. The molecule has 1 aromatic carbocycles. The van der Waals surface area contributed by atoms with Crippen molar-refractivity contribution in [3.63, 3.8) is 0 Å². The van der Waals surface area contributed by atoms with Gasteiger partial charge >= 0.3 is 0 Å². The number of nitrogens with one attached hydrogen (secondary N) is 1. The van der Waals surface area contributed by atoms with E-state index in [4.69, 9.17) is 0 Å². The first kappa shape index (κ1) is 17.3. The van der Waals surface area contributed by atoms with Crippen molar-refractivity contribution in [3.05, 3.63) is 53.6 Å². The van der Waals surface area contributed by atoms with E-state index in [2.05, 4.69) is 44.0 Å². The van der Waals surface area contributed by atoms with Crippen molar-refractivity contribution in [1.29, 1.82) is 0 Å². The average molecular weight is 352 g/mol. The molecule has 0 bridgehead atoms. The highest BCUT2D eigenvalue weighted by atomic mass is 16.1. The highest BCUT2D eigenvalue weighted by Crippen LogP contribution is 2.30. The average Bonchev–Trinajstić information content (AvgIpc) is 3.07. The first-order valence-electron chi connectivity index (χ1n) is 9.77. The molecule has 0 saturated carbocycles. The second-order valence-electron chi connectivity index (χ2n) is 7.66. The van der Waals surface area contributed by atoms with Crippen LogP contribution in [0, 0.1) is 5.92 Å². The van der Waals surface area contributed by atoms with Gasteiger partial charge < -0.3 is 9.88 Å². The van der Waals surface area contributed by atoms with Crippen LogP contribution in [0.1, 0.15) is 48.7 Å². The second kappa shape index (κ2) is 7.62. The number of hydrogen-bond donors (Lipinski definition) is 1. The van der Waals surface area contributed by atoms with Crippen molar-refractivity contribution >= 4 is 5.91 Å². The molecular weight excluding hydrogens is 324 g/mol. The highest BCUT2D eigenvalue weighted by molar-refractivity contribution is 5.79. The Morgan fingerprint density at radius 3 is 2.81 bits per heavy atom. The topological polar surface area (TPSA) is 50.2 Å². The lowest BCUT2D eigenvalue weighted by molar-refractivity contribution is -0.127. The Labute approximate surface area is 155 Å². The fourth-order valence-electron chi connectivity index (χ4n) is 4.30. The smallest absolute Gasteiger partial charge is 0.223 e. The van der Waals surface area contributed by atoms with Gasteiger partial charge in [0.2, 0.25) is 5.91 Å². The zero-order valence-electron chi connectivity index (χ0n) is 15.5. The van der Waals surface area contributed by atoms with Gasteiger partial charge in [-0.25, -0.2) is 4.98 Å². The number of likely N-dealkylation sites (tertiary alicyclic amines) is 1. The molecule has 0 unspecified atom stereocenters. The van der Waals surface area contributed by atoms with Crippen LogP contribution >= 0.6 is 0 Å². The molecule has 1 aromatic heterocycles. The number of aryl methyl sites for hydroxylation is 2. The summed E-state index contributed by atoms with van der Waals surface area (Å²) in [6.45, 7) is 2.80. The molecule has 1 N–H and O–H groups in total. The van der Waals surface area contributed by atoms with E-state index in [1.165, 1.54) is 11.1 Å². The van der Waals surface area contributed by atoms with Crippen molar-refractivity contribution in [2.45, 2.75) is 44.7 Å². The summed E-state index contributed by atoms with van der Waals surface area (Å²) in [5, 5.41) is 3.34. The van der Waals surface area contributed by atoms with Gasteiger partial charge in [0.15, 0.2) is 0 Å². The molecule has 1 atom stereocenters. The van der Waals surface area contributed by atoms with Crippen molar-refractivity contribution in [2.24, 2.45) is 13.0 Å². The number of imidazole rings is 1. The summed E-state index contributed by atoms with van der Waals surface area (Å²) >= 11 is 0. The molecule has 2 aromatic rings. The van der Waals surface area contributed by atoms with Crippen molar-refractivity contribution in [1.82, 2.24) is 19.8 Å². The number of benzene rings is 1. The third-order valence-corrected chi connectivity index (χ3v) is 5.93. The molecule has 4 rings (SSSR count). The largest absolute Gasteiger partial charge is 0.349 e. The molecule has 1 aliphatic heterocycles. The normalized spacial score (nSPS) is 21.3. The fourth-order valence-corrected chi connectivity index (χ4v) is 4.30. The Kier molecular flexibility index (Phi) is 5.07. The summed E-state index contributed by atoms with van der Waals surface area (Å²) in [6, 6.07) is 8.75. The minimum absolute atomic E-state index is 0.140. The van der Waals surface area contributed by atoms with E-state index in [1.54, 1.807) is 0 Å². The second-order valence-corrected chi connectivity index (χ2v) is 7.66. The summed E-state index contributed by atoms with van der Waals surface area (Å²) in [5.74, 6) is 1.47. The van der Waals surface area contributed by atoms with Gasteiger partial charge in [-0.05, 0) is 56.3 Å². The van der Waals surface area contributed by atoms with Crippen LogP contribution < -0.4 is 5.32 Å². The molecule has 138 valence electrons. The maximum Gasteiger partial charge on any atom is 0.223 e. The number of nitrogens with zero attached hydrogens (tertiary/aromatic N) is 3. The van der Waals surface area contributed by atoms with Crippen molar-refractivity contribution in [3.8, 4) is 0 Å². The predicted octanol–water partition coefficient (Wildman–Crippen LogP) is 2.83. The summed E-state index contributed by atoms with van der Waals surface area (Å²) < 4.78 is 2.07. The molecule has 5 heteroatoms. The number of piperidine rings is 1. The number of carbonyl (C=O) groups is 1. The molecule has 0 spiro atoms. The summed E-state index contributed by atoms with van der Waals surface area (Å²) in [5.41, 5.74) is 2.72. The van der Waals surface area contributed by atoms with Crippen LogP contribution in [0.5, 0.6) is 0 Å². The minimum Gasteiger partial charge on any atom is -0.349 e. The maximum absolute atomic E-state index is 12.8. The van der Waals surface area contributed by atoms with Gasteiger partial charge in [-0.1, -0.05) is 24.3 Å². The lowest BCUT2D eigenvalue weighted by atomic mass is 9.87. The quantitative estimate of drug-likeness (QED) is 0.920. The van der Waals surface area contributed by atoms with Crippen molar-refractivity contribution < 1.29 is 4.79 Å². The first-order chi connectivity index (χ1) is 12.7. The van der Waals surface area contributed by atoms with Gasteiger partial charge in [0.1, 0.15) is 5.82 Å². The highest BCUT2D eigenvalue weighted by Gasteiger charge is 2.28. The standard InChI is InChI=1S/C21H28N4O/c1-24-14-11-22-20(24)15-25-12-9-17(10-13-25)21(26)23-19-8-4-6-16-5-2-3-7-18(16)19/h2-3,5,7,11,14,17,19H,4,6,8-10,12-13,15H2,1H3,(H,23,26)/t19-/m0/s1. The molecule has 1 amide bonds. The molecule has 2 aliphatic rings. The molecular formula is C21H28N4O. The molecule has 0 radical (unpaired) electrons. The van der Waals surface area contributed by atoms with Crippen LogP contribution in [0.3, 0.4) is 0 Å². The number of fused-ring (bicyclic) bond motifs is 1. The summed E-state index contributed by atoms with van der Waals surface area (Å²) in [6.07, 6.45) is 9.04. The number of aromatic nitrogens is 2. The van der Waals surface area contributed by atoms with E-state index >= 15 is 0 Å². The molecule has 26 heavy (non-hydrogen) atoms. The Hall–Kier alpha value is -2.14. The number of amides is 1. The maximum atomic E-state index is 12.8. The molecule has 1 saturated heterocycles. The minimum atomic E-state index is 0.140. The van der Waals surface area contributed by atoms with Crippen LogP contribution in [0.2, 0.25) is 0 Å². The van der Waals surface area contributed by atoms with E-state index in [9.17, 15) is 4.79 Å². The zero-order chi connectivity index (χ0) is 17.9. The van der Waals surface area contributed by atoms with E-state index in [1.807, 2.05) is 19.4 Å². The zero-order valence-corrected chi connectivity index (χ0v) is 15.5. The van der Waals surface area contributed by atoms with E-state index in [-0.39, 0.29) is 17.9 Å². The number of rotatable bonds is 4. The summed E-state index contributed by atoms with van der Waals surface area (Å²) in [7, 11) is 2.03. The van der Waals surface area contributed by atoms with E-state index < -0.39 is 0 Å². The van der Waals surface area contributed by atoms with Crippen LogP contribution in [0.25, 0.3) is 0 Å². The first-order valence-corrected chi connectivity index (χ1v) is 9.77. The van der Waals surface area contributed by atoms with E-state index in [0.29, 0.717) is 0 Å².